The molecule has 0 aromatic carbocycles. The first kappa shape index (κ1) is 27.9. The van der Waals surface area contributed by atoms with Crippen molar-refractivity contribution in [3.63, 3.8) is 0 Å². The molecular weight excluding hydrogens is 472 g/mol. The van der Waals surface area contributed by atoms with Gasteiger partial charge in [-0.1, -0.05) is 0 Å². The van der Waals surface area contributed by atoms with Gasteiger partial charge in [0.05, 0.1) is 19.8 Å². The van der Waals surface area contributed by atoms with E-state index in [1.54, 1.807) is 0 Å². The lowest BCUT2D eigenvalue weighted by atomic mass is 9.98. The van der Waals surface area contributed by atoms with E-state index in [1.807, 2.05) is 0 Å². The minimum atomic E-state index is -1.82. The molecule has 3 fully saturated rings. The van der Waals surface area contributed by atoms with Crippen LogP contribution in [0.4, 0.5) is 0 Å². The summed E-state index contributed by atoms with van der Waals surface area (Å²) in [5, 5.41) is 108. The van der Waals surface area contributed by atoms with E-state index in [0.717, 1.165) is 0 Å². The number of hydrogen-bond acceptors (Lipinski definition) is 16. The molecule has 0 spiro atoms. The zero-order valence-corrected chi connectivity index (χ0v) is 17.7. The third-order valence-electron chi connectivity index (χ3n) is 6.05. The van der Waals surface area contributed by atoms with E-state index in [-0.39, 0.29) is 0 Å². The average molecular weight is 504 g/mol. The van der Waals surface area contributed by atoms with Crippen molar-refractivity contribution < 1.29 is 79.9 Å². The highest BCUT2D eigenvalue weighted by molar-refractivity contribution is 4.92. The Balaban J connectivity index is 1.58. The number of hydrogen-bond donors (Lipinski definition) is 11. The molecule has 34 heavy (non-hydrogen) atoms. The zero-order chi connectivity index (χ0) is 25.3. The van der Waals surface area contributed by atoms with Crippen molar-refractivity contribution in [1.29, 1.82) is 0 Å². The van der Waals surface area contributed by atoms with Crippen molar-refractivity contribution in [2.45, 2.75) is 92.1 Å². The lowest BCUT2D eigenvalue weighted by Crippen LogP contribution is -2.62. The van der Waals surface area contributed by atoms with Crippen LogP contribution in [-0.4, -0.2) is 168 Å². The third-order valence-corrected chi connectivity index (χ3v) is 6.05. The smallest absolute Gasteiger partial charge is 0.186 e. The van der Waals surface area contributed by atoms with E-state index in [9.17, 15) is 56.2 Å². The van der Waals surface area contributed by atoms with Crippen molar-refractivity contribution >= 4 is 0 Å². The Morgan fingerprint density at radius 1 is 0.441 bits per heavy atom. The van der Waals surface area contributed by atoms with Gasteiger partial charge >= 0.3 is 0 Å². The fourth-order valence-electron chi connectivity index (χ4n) is 3.84. The maximum atomic E-state index is 10.2. The normalized spacial score (nSPS) is 52.5. The second-order valence-corrected chi connectivity index (χ2v) is 8.42. The summed E-state index contributed by atoms with van der Waals surface area (Å²) in [6, 6.07) is 0. The van der Waals surface area contributed by atoms with Gasteiger partial charge in [0.25, 0.3) is 0 Å². The van der Waals surface area contributed by atoms with Crippen LogP contribution in [0.2, 0.25) is 0 Å². The van der Waals surface area contributed by atoms with Crippen LogP contribution in [0, 0.1) is 0 Å². The summed E-state index contributed by atoms with van der Waals surface area (Å²) in [6.45, 7) is -1.84. The summed E-state index contributed by atoms with van der Waals surface area (Å²) in [6.07, 6.45) is -24.4. The van der Waals surface area contributed by atoms with Crippen LogP contribution in [0.5, 0.6) is 0 Å². The van der Waals surface area contributed by atoms with Crippen LogP contribution in [0.1, 0.15) is 0 Å². The van der Waals surface area contributed by atoms with E-state index in [1.165, 1.54) is 0 Å². The van der Waals surface area contributed by atoms with Crippen LogP contribution in [-0.2, 0) is 23.7 Å². The predicted octanol–water partition coefficient (Wildman–Crippen LogP) is -7.57. The SMILES string of the molecule is OC[C@H]1O[C@@H](OC[C@H]2O[C@@H](OC[C@H]3O[C@@H](O)[C@H](O)[C@@H](O)[C@@H]3O)[C@H](O)[C@@H](O)[C@H]2O)[C@H](O)[C@@H](O)[C@H]1O. The highest BCUT2D eigenvalue weighted by atomic mass is 16.7. The molecule has 0 aromatic heterocycles. The minimum absolute atomic E-state index is 0.570. The van der Waals surface area contributed by atoms with E-state index < -0.39 is 112 Å². The predicted molar refractivity (Wildman–Crippen MR) is 101 cm³/mol. The molecule has 16 heteroatoms. The summed E-state index contributed by atoms with van der Waals surface area (Å²) in [5.41, 5.74) is 0. The van der Waals surface area contributed by atoms with E-state index in [0.29, 0.717) is 0 Å². The minimum Gasteiger partial charge on any atom is -0.394 e. The van der Waals surface area contributed by atoms with Crippen LogP contribution in [0.3, 0.4) is 0 Å². The number of aliphatic hydroxyl groups excluding tert-OH is 11. The molecule has 0 unspecified atom stereocenters. The quantitative estimate of drug-likeness (QED) is 0.154. The highest BCUT2D eigenvalue weighted by Crippen LogP contribution is 2.27. The zero-order valence-electron chi connectivity index (χ0n) is 17.7. The molecule has 16 nitrogen and oxygen atoms in total. The van der Waals surface area contributed by atoms with Crippen LogP contribution < -0.4 is 0 Å². The van der Waals surface area contributed by atoms with Crippen molar-refractivity contribution in [1.82, 2.24) is 0 Å². The van der Waals surface area contributed by atoms with Gasteiger partial charge in [0.15, 0.2) is 18.9 Å². The van der Waals surface area contributed by atoms with Crippen molar-refractivity contribution in [3.05, 3.63) is 0 Å². The second-order valence-electron chi connectivity index (χ2n) is 8.42. The lowest BCUT2D eigenvalue weighted by Gasteiger charge is -2.43. The van der Waals surface area contributed by atoms with Crippen molar-refractivity contribution in [3.8, 4) is 0 Å². The molecule has 15 atom stereocenters. The molecule has 3 aliphatic rings. The molecule has 3 rings (SSSR count). The average Bonchev–Trinajstić information content (AvgIpc) is 2.82. The molecule has 0 radical (unpaired) electrons. The fourth-order valence-corrected chi connectivity index (χ4v) is 3.84. The van der Waals surface area contributed by atoms with E-state index >= 15 is 0 Å². The van der Waals surface area contributed by atoms with Gasteiger partial charge in [-0.25, -0.2) is 0 Å². The molecule has 0 saturated carbocycles. The first-order valence-electron chi connectivity index (χ1n) is 10.6. The van der Waals surface area contributed by atoms with Crippen LogP contribution in [0.25, 0.3) is 0 Å². The molecule has 0 aliphatic carbocycles. The Labute approximate surface area is 192 Å². The van der Waals surface area contributed by atoms with Crippen LogP contribution >= 0.6 is 0 Å². The van der Waals surface area contributed by atoms with Gasteiger partial charge in [-0.2, -0.15) is 0 Å². The summed E-state index contributed by atoms with van der Waals surface area (Å²) in [7, 11) is 0. The van der Waals surface area contributed by atoms with Crippen molar-refractivity contribution in [2.24, 2.45) is 0 Å². The first-order chi connectivity index (χ1) is 16.0. The van der Waals surface area contributed by atoms with Gasteiger partial charge in [-0.15, -0.1) is 0 Å². The molecule has 0 amide bonds. The second kappa shape index (κ2) is 11.6. The molecule has 3 heterocycles. The summed E-state index contributed by atoms with van der Waals surface area (Å²) < 4.78 is 26.1. The van der Waals surface area contributed by atoms with Crippen LogP contribution in [0.15, 0.2) is 0 Å². The monoisotopic (exact) mass is 504 g/mol. The summed E-state index contributed by atoms with van der Waals surface area (Å²) in [5.74, 6) is 0. The molecule has 3 saturated heterocycles. The Morgan fingerprint density at radius 3 is 1.29 bits per heavy atom. The molecule has 0 bridgehead atoms. The first-order valence-corrected chi connectivity index (χ1v) is 10.6. The summed E-state index contributed by atoms with van der Waals surface area (Å²) >= 11 is 0. The van der Waals surface area contributed by atoms with Gasteiger partial charge < -0.3 is 79.9 Å². The lowest BCUT2D eigenvalue weighted by molar-refractivity contribution is -0.340. The van der Waals surface area contributed by atoms with Gasteiger partial charge in [0, 0.05) is 0 Å². The molecule has 200 valence electrons. The molecule has 3 aliphatic heterocycles. The largest absolute Gasteiger partial charge is 0.394 e. The summed E-state index contributed by atoms with van der Waals surface area (Å²) in [4.78, 5) is 0. The Bertz CT molecular complexity index is 639. The molecular formula is C18H32O16. The Morgan fingerprint density at radius 2 is 0.824 bits per heavy atom. The standard InChI is InChI=1S/C18H32O16/c19-1-4-7(20)11(24)14(27)17(33-4)31-3-6-9(22)12(25)15(28)18(34-6)30-2-5-8(21)10(23)13(26)16(29)32-5/h4-29H,1-3H2/t4-,5-,6-,7+,8-,9+,10+,11+,12+,13-,14-,15-,16-,17-,18-/m1/s1. The van der Waals surface area contributed by atoms with Gasteiger partial charge in [0.1, 0.15) is 73.2 Å². The van der Waals surface area contributed by atoms with E-state index in [2.05, 4.69) is 0 Å². The third kappa shape index (κ3) is 5.68. The molecule has 11 N–H and O–H groups in total. The highest BCUT2D eigenvalue weighted by Gasteiger charge is 2.48. The van der Waals surface area contributed by atoms with E-state index in [4.69, 9.17) is 23.7 Å². The number of ether oxygens (including phenoxy) is 5. The maximum Gasteiger partial charge on any atom is 0.186 e. The molecule has 0 aromatic rings. The van der Waals surface area contributed by atoms with Crippen molar-refractivity contribution in [2.75, 3.05) is 19.8 Å². The van der Waals surface area contributed by atoms with Gasteiger partial charge in [0.2, 0.25) is 0 Å². The number of rotatable bonds is 7. The fraction of sp³-hybridized carbons (Fsp3) is 1.00. The number of aliphatic hydroxyl groups is 11. The van der Waals surface area contributed by atoms with Gasteiger partial charge in [-0.05, 0) is 0 Å². The Kier molecular flexibility index (Phi) is 9.54. The Hall–Kier alpha value is -0.640. The maximum absolute atomic E-state index is 10.2. The van der Waals surface area contributed by atoms with Gasteiger partial charge in [-0.3, -0.25) is 0 Å². The topological polar surface area (TPSA) is 269 Å².